The van der Waals surface area contributed by atoms with Gasteiger partial charge in [-0.3, -0.25) is 14.9 Å². The minimum atomic E-state index is -0.977. The van der Waals surface area contributed by atoms with E-state index in [9.17, 15) is 19.7 Å². The summed E-state index contributed by atoms with van der Waals surface area (Å²) in [7, 11) is 1.34. The molecule has 1 N–H and O–H groups in total. The average molecular weight is 366 g/mol. The van der Waals surface area contributed by atoms with Gasteiger partial charge in [0.25, 0.3) is 11.6 Å². The van der Waals surface area contributed by atoms with E-state index in [-0.39, 0.29) is 29.7 Å². The molecule has 0 unspecified atom stereocenters. The van der Waals surface area contributed by atoms with Crippen molar-refractivity contribution in [3.63, 3.8) is 0 Å². The van der Waals surface area contributed by atoms with Gasteiger partial charge in [-0.2, -0.15) is 0 Å². The Hall–Kier alpha value is -2.84. The molecule has 9 nitrogen and oxygen atoms in total. The first-order valence-corrected chi connectivity index (χ1v) is 8.33. The smallest absolute Gasteiger partial charge is 0.345 e. The second-order valence-electron chi connectivity index (χ2n) is 5.98. The number of carbonyl (C=O) groups excluding carboxylic acids is 2. The molecule has 0 radical (unpaired) electrons. The molecule has 142 valence electrons. The van der Waals surface area contributed by atoms with E-state index in [1.165, 1.54) is 13.2 Å². The summed E-state index contributed by atoms with van der Waals surface area (Å²) in [6.07, 6.45) is 2.14. The van der Waals surface area contributed by atoms with Crippen LogP contribution in [0.2, 0.25) is 0 Å². The minimum absolute atomic E-state index is 0.0149. The number of esters is 1. The topological polar surface area (TPSA) is 117 Å². The molecule has 0 heterocycles. The van der Waals surface area contributed by atoms with Gasteiger partial charge in [-0.1, -0.05) is 0 Å². The lowest BCUT2D eigenvalue weighted by molar-refractivity contribution is -0.385. The first-order chi connectivity index (χ1) is 12.4. The molecule has 0 spiro atoms. The largest absolute Gasteiger partial charge is 0.493 e. The Kier molecular flexibility index (Phi) is 6.37. The molecule has 1 saturated carbocycles. The fourth-order valence-corrected chi connectivity index (χ4v) is 2.51. The van der Waals surface area contributed by atoms with Crippen LogP contribution in [0.1, 0.15) is 37.0 Å². The summed E-state index contributed by atoms with van der Waals surface area (Å²) in [6.45, 7) is 3.39. The Morgan fingerprint density at radius 2 is 2.04 bits per heavy atom. The van der Waals surface area contributed by atoms with E-state index in [2.05, 4.69) is 5.32 Å². The van der Waals surface area contributed by atoms with Crippen molar-refractivity contribution in [3.8, 4) is 11.5 Å². The summed E-state index contributed by atoms with van der Waals surface area (Å²) >= 11 is 0. The third-order valence-electron chi connectivity index (χ3n) is 4.05. The van der Waals surface area contributed by atoms with E-state index in [1.54, 1.807) is 6.92 Å². The number of rotatable bonds is 9. The van der Waals surface area contributed by atoms with Gasteiger partial charge in [0.15, 0.2) is 18.1 Å². The molecule has 1 amide bonds. The van der Waals surface area contributed by atoms with Crippen LogP contribution in [0.3, 0.4) is 0 Å². The lowest BCUT2D eigenvalue weighted by Crippen LogP contribution is -2.37. The summed E-state index contributed by atoms with van der Waals surface area (Å²) < 4.78 is 15.3. The first-order valence-electron chi connectivity index (χ1n) is 8.33. The number of hydrogen-bond donors (Lipinski definition) is 1. The van der Waals surface area contributed by atoms with Crippen molar-refractivity contribution >= 4 is 17.6 Å². The van der Waals surface area contributed by atoms with E-state index in [4.69, 9.17) is 14.2 Å². The van der Waals surface area contributed by atoms with Crippen LogP contribution in [-0.4, -0.2) is 43.2 Å². The summed E-state index contributed by atoms with van der Waals surface area (Å²) in [5.41, 5.74) is -0.788. The fraction of sp³-hybridized carbons (Fsp3) is 0.529. The van der Waals surface area contributed by atoms with Gasteiger partial charge in [0.2, 0.25) is 0 Å². The van der Waals surface area contributed by atoms with Gasteiger partial charge >= 0.3 is 5.97 Å². The molecule has 0 aromatic heterocycles. The molecular weight excluding hydrogens is 344 g/mol. The van der Waals surface area contributed by atoms with Crippen LogP contribution < -0.4 is 14.8 Å². The van der Waals surface area contributed by atoms with Crippen molar-refractivity contribution in [2.75, 3.05) is 20.3 Å². The van der Waals surface area contributed by atoms with Crippen LogP contribution in [0.15, 0.2) is 12.1 Å². The van der Waals surface area contributed by atoms with E-state index < -0.39 is 29.1 Å². The molecule has 0 bridgehead atoms. The monoisotopic (exact) mass is 366 g/mol. The van der Waals surface area contributed by atoms with Crippen molar-refractivity contribution < 1.29 is 28.7 Å². The molecule has 1 aromatic rings. The lowest BCUT2D eigenvalue weighted by Gasteiger charge is -2.13. The van der Waals surface area contributed by atoms with Crippen LogP contribution >= 0.6 is 0 Å². The normalized spacial score (nSPS) is 14.3. The molecule has 1 atom stereocenters. The highest BCUT2D eigenvalue weighted by Crippen LogP contribution is 2.35. The highest BCUT2D eigenvalue weighted by atomic mass is 16.6. The minimum Gasteiger partial charge on any atom is -0.493 e. The van der Waals surface area contributed by atoms with Crippen LogP contribution in [0.5, 0.6) is 11.5 Å². The number of nitrogens with zero attached hydrogens (tertiary/aromatic N) is 1. The van der Waals surface area contributed by atoms with Crippen molar-refractivity contribution in [1.29, 1.82) is 0 Å². The van der Waals surface area contributed by atoms with Crippen molar-refractivity contribution in [2.45, 2.75) is 32.7 Å². The van der Waals surface area contributed by atoms with Crippen molar-refractivity contribution in [1.82, 2.24) is 5.32 Å². The van der Waals surface area contributed by atoms with Crippen LogP contribution in [0, 0.1) is 16.0 Å². The predicted molar refractivity (Wildman–Crippen MR) is 91.4 cm³/mol. The molecule has 0 aliphatic heterocycles. The lowest BCUT2D eigenvalue weighted by atomic mass is 10.1. The zero-order valence-electron chi connectivity index (χ0n) is 14.9. The molecule has 9 heteroatoms. The van der Waals surface area contributed by atoms with Gasteiger partial charge in [-0.25, -0.2) is 4.79 Å². The number of amides is 1. The second-order valence-corrected chi connectivity index (χ2v) is 5.98. The zero-order valence-corrected chi connectivity index (χ0v) is 14.9. The van der Waals surface area contributed by atoms with Crippen molar-refractivity contribution in [2.24, 2.45) is 5.92 Å². The van der Waals surface area contributed by atoms with Gasteiger partial charge < -0.3 is 19.5 Å². The highest BCUT2D eigenvalue weighted by molar-refractivity contribution is 5.96. The van der Waals surface area contributed by atoms with Gasteiger partial charge in [-0.05, 0) is 32.6 Å². The number of nitro groups is 1. The number of hydrogen-bond acceptors (Lipinski definition) is 7. The van der Waals surface area contributed by atoms with Crippen LogP contribution in [-0.2, 0) is 9.53 Å². The van der Waals surface area contributed by atoms with Gasteiger partial charge in [0.05, 0.1) is 24.7 Å². The summed E-state index contributed by atoms with van der Waals surface area (Å²) in [5, 5.41) is 14.0. The zero-order chi connectivity index (χ0) is 19.3. The quantitative estimate of drug-likeness (QED) is 0.404. The maximum Gasteiger partial charge on any atom is 0.345 e. The second kappa shape index (κ2) is 8.50. The number of benzene rings is 1. The summed E-state index contributed by atoms with van der Waals surface area (Å²) in [5.74, 6) is -0.648. The Bertz CT molecular complexity index is 701. The first kappa shape index (κ1) is 19.5. The standard InChI is InChI=1S/C17H22N2O7/c1-4-25-15-7-12(13(19(22)23)8-14(15)24-3)17(21)26-9-16(20)18-10(2)11-5-6-11/h7-8,10-11H,4-6,9H2,1-3H3,(H,18,20)/t10-/m1/s1. The van der Waals surface area contributed by atoms with E-state index in [0.29, 0.717) is 5.92 Å². The SMILES string of the molecule is CCOc1cc(C(=O)OCC(=O)N[C@H](C)C2CC2)c([N+](=O)[O-])cc1OC. The molecule has 26 heavy (non-hydrogen) atoms. The number of methoxy groups -OCH3 is 1. The predicted octanol–water partition coefficient (Wildman–Crippen LogP) is 2.07. The van der Waals surface area contributed by atoms with Crippen LogP contribution in [0.25, 0.3) is 0 Å². The Morgan fingerprint density at radius 3 is 2.58 bits per heavy atom. The molecule has 0 saturated heterocycles. The molecule has 1 aliphatic carbocycles. The van der Waals surface area contributed by atoms with E-state index in [1.807, 2.05) is 6.92 Å². The third-order valence-corrected chi connectivity index (χ3v) is 4.05. The van der Waals surface area contributed by atoms with Gasteiger partial charge in [0, 0.05) is 12.1 Å². The van der Waals surface area contributed by atoms with Crippen molar-refractivity contribution in [3.05, 3.63) is 27.8 Å². The third kappa shape index (κ3) is 4.84. The Morgan fingerprint density at radius 1 is 1.35 bits per heavy atom. The summed E-state index contributed by atoms with van der Waals surface area (Å²) in [6, 6.07) is 2.30. The van der Waals surface area contributed by atoms with E-state index >= 15 is 0 Å². The van der Waals surface area contributed by atoms with E-state index in [0.717, 1.165) is 18.9 Å². The number of nitrogens with one attached hydrogen (secondary N) is 1. The summed E-state index contributed by atoms with van der Waals surface area (Å²) in [4.78, 5) is 34.6. The molecule has 1 aliphatic rings. The van der Waals surface area contributed by atoms with Gasteiger partial charge in [-0.15, -0.1) is 0 Å². The average Bonchev–Trinajstić information content (AvgIpc) is 3.44. The maximum absolute atomic E-state index is 12.3. The number of carbonyl (C=O) groups is 2. The van der Waals surface area contributed by atoms with Gasteiger partial charge in [0.1, 0.15) is 5.56 Å². The molecular formula is C17H22N2O7. The molecule has 2 rings (SSSR count). The van der Waals surface area contributed by atoms with Crippen LogP contribution in [0.4, 0.5) is 5.69 Å². The Balaban J connectivity index is 2.11. The number of nitro benzene ring substituents is 1. The molecule has 1 aromatic carbocycles. The number of ether oxygens (including phenoxy) is 3. The maximum atomic E-state index is 12.3. The fourth-order valence-electron chi connectivity index (χ4n) is 2.51. The Labute approximate surface area is 150 Å². The highest BCUT2D eigenvalue weighted by Gasteiger charge is 2.30. The molecule has 1 fully saturated rings.